The van der Waals surface area contributed by atoms with Gasteiger partial charge in [-0.25, -0.2) is 4.79 Å². The van der Waals surface area contributed by atoms with Crippen molar-refractivity contribution in [1.82, 2.24) is 0 Å². The van der Waals surface area contributed by atoms with Crippen molar-refractivity contribution in [3.63, 3.8) is 0 Å². The zero-order valence-electron chi connectivity index (χ0n) is 18.5. The monoisotopic (exact) mass is 402 g/mol. The molecule has 3 fully saturated rings. The molecule has 29 heavy (non-hydrogen) atoms. The van der Waals surface area contributed by atoms with Crippen LogP contribution in [0.25, 0.3) is 0 Å². The number of epoxide rings is 1. The van der Waals surface area contributed by atoms with Crippen molar-refractivity contribution in [3.05, 3.63) is 23.3 Å². The van der Waals surface area contributed by atoms with Crippen LogP contribution in [-0.4, -0.2) is 37.0 Å². The molecule has 5 nitrogen and oxygen atoms in total. The third kappa shape index (κ3) is 2.80. The van der Waals surface area contributed by atoms with Crippen molar-refractivity contribution in [2.75, 3.05) is 14.2 Å². The number of carbonyl (C=O) groups is 1. The second-order valence-corrected chi connectivity index (χ2v) is 10.1. The Kier molecular flexibility index (Phi) is 4.69. The summed E-state index contributed by atoms with van der Waals surface area (Å²) in [5, 5.41) is 10.8. The first kappa shape index (κ1) is 20.5. The summed E-state index contributed by atoms with van der Waals surface area (Å²) in [5.41, 5.74) is 1.22. The highest BCUT2D eigenvalue weighted by atomic mass is 16.6. The Morgan fingerprint density at radius 2 is 1.93 bits per heavy atom. The van der Waals surface area contributed by atoms with Crippen molar-refractivity contribution in [1.29, 1.82) is 0 Å². The average Bonchev–Trinajstić information content (AvgIpc) is 3.39. The molecule has 2 aliphatic carbocycles. The van der Waals surface area contributed by atoms with Crippen LogP contribution < -0.4 is 4.74 Å². The van der Waals surface area contributed by atoms with E-state index in [0.717, 1.165) is 24.8 Å². The summed E-state index contributed by atoms with van der Waals surface area (Å²) in [4.78, 5) is 12.0. The molecule has 1 N–H and O–H groups in total. The summed E-state index contributed by atoms with van der Waals surface area (Å²) >= 11 is 0. The number of phenols is 1. The fourth-order valence-electron chi connectivity index (χ4n) is 6.65. The van der Waals surface area contributed by atoms with Crippen molar-refractivity contribution in [2.24, 2.45) is 22.7 Å². The zero-order valence-corrected chi connectivity index (χ0v) is 18.5. The van der Waals surface area contributed by atoms with Crippen LogP contribution in [0.4, 0.5) is 0 Å². The summed E-state index contributed by atoms with van der Waals surface area (Å²) in [6.07, 6.45) is 5.73. The van der Waals surface area contributed by atoms with Gasteiger partial charge in [0.15, 0.2) is 0 Å². The summed E-state index contributed by atoms with van der Waals surface area (Å²) in [5.74, 6) is 1.20. The maximum Gasteiger partial charge on any atom is 0.338 e. The molecule has 0 bridgehead atoms. The molecule has 4 rings (SSSR count). The third-order valence-corrected chi connectivity index (χ3v) is 8.97. The Bertz CT molecular complexity index is 835. The average molecular weight is 403 g/mol. The molecule has 1 saturated heterocycles. The van der Waals surface area contributed by atoms with E-state index in [2.05, 4.69) is 27.7 Å². The molecule has 1 aromatic rings. The highest BCUT2D eigenvalue weighted by Crippen LogP contribution is 2.70. The van der Waals surface area contributed by atoms with Gasteiger partial charge in [0.2, 0.25) is 0 Å². The number of phenolic OH excluding ortho intramolecular Hbond substituents is 1. The molecule has 5 heteroatoms. The van der Waals surface area contributed by atoms with Gasteiger partial charge in [0.25, 0.3) is 0 Å². The normalized spacial score (nSPS) is 40.6. The smallest absolute Gasteiger partial charge is 0.338 e. The zero-order chi connectivity index (χ0) is 21.2. The van der Waals surface area contributed by atoms with Gasteiger partial charge >= 0.3 is 5.97 Å². The highest BCUT2D eigenvalue weighted by Gasteiger charge is 2.71. The molecule has 2 saturated carbocycles. The minimum Gasteiger partial charge on any atom is -0.508 e. The number of benzene rings is 1. The number of esters is 1. The first-order chi connectivity index (χ1) is 13.6. The van der Waals surface area contributed by atoms with Crippen LogP contribution in [0.15, 0.2) is 12.1 Å². The van der Waals surface area contributed by atoms with E-state index in [1.807, 2.05) is 0 Å². The van der Waals surface area contributed by atoms with Gasteiger partial charge in [-0.3, -0.25) is 0 Å². The van der Waals surface area contributed by atoms with Crippen molar-refractivity contribution in [2.45, 2.75) is 71.5 Å². The topological polar surface area (TPSA) is 68.3 Å². The Morgan fingerprint density at radius 1 is 1.21 bits per heavy atom. The van der Waals surface area contributed by atoms with Gasteiger partial charge in [-0.05, 0) is 68.4 Å². The van der Waals surface area contributed by atoms with Crippen LogP contribution in [-0.2, 0) is 15.9 Å². The number of hydrogen-bond donors (Lipinski definition) is 1. The first-order valence-electron chi connectivity index (χ1n) is 10.8. The van der Waals surface area contributed by atoms with Gasteiger partial charge in [0.1, 0.15) is 11.5 Å². The van der Waals surface area contributed by atoms with Gasteiger partial charge in [0.05, 0.1) is 31.5 Å². The predicted molar refractivity (Wildman–Crippen MR) is 110 cm³/mol. The Hall–Kier alpha value is -1.75. The first-order valence-corrected chi connectivity index (χ1v) is 10.8. The van der Waals surface area contributed by atoms with Gasteiger partial charge in [-0.15, -0.1) is 0 Å². The molecular formula is C24H34O5. The predicted octanol–water partition coefficient (Wildman–Crippen LogP) is 4.74. The van der Waals surface area contributed by atoms with E-state index in [1.165, 1.54) is 19.6 Å². The number of hydrogen-bond acceptors (Lipinski definition) is 5. The van der Waals surface area contributed by atoms with E-state index in [0.29, 0.717) is 35.7 Å². The number of aromatic hydroxyl groups is 1. The van der Waals surface area contributed by atoms with Crippen LogP contribution >= 0.6 is 0 Å². The number of rotatable bonds is 4. The van der Waals surface area contributed by atoms with Crippen molar-refractivity contribution in [3.8, 4) is 11.5 Å². The summed E-state index contributed by atoms with van der Waals surface area (Å²) < 4.78 is 16.6. The van der Waals surface area contributed by atoms with E-state index in [9.17, 15) is 9.90 Å². The molecular weight excluding hydrogens is 368 g/mol. The maximum absolute atomic E-state index is 12.0. The standard InChI is InChI=1S/C24H34O5/c1-14-9-10-23(3)19(7-8-20-24(23,4)29-20)22(14,2)13-16-17(25)11-15(21(26)28-6)12-18(16)27-5/h11-12,14,19-20,25H,7-10,13H2,1-6H3/t14-,19-,20+,22+,23-,24+/m0/s1. The highest BCUT2D eigenvalue weighted by molar-refractivity contribution is 5.90. The molecule has 0 aromatic heterocycles. The molecule has 0 spiro atoms. The molecule has 1 heterocycles. The van der Waals surface area contributed by atoms with E-state index < -0.39 is 5.97 Å². The van der Waals surface area contributed by atoms with Crippen molar-refractivity contribution >= 4 is 5.97 Å². The minimum absolute atomic E-state index is 0.00444. The lowest BCUT2D eigenvalue weighted by Gasteiger charge is -2.59. The fourth-order valence-corrected chi connectivity index (χ4v) is 6.65. The Balaban J connectivity index is 1.73. The summed E-state index contributed by atoms with van der Waals surface area (Å²) in [7, 11) is 2.92. The lowest BCUT2D eigenvalue weighted by Crippen LogP contribution is -2.56. The van der Waals surface area contributed by atoms with E-state index in [1.54, 1.807) is 13.2 Å². The quantitative estimate of drug-likeness (QED) is 0.582. The number of fused-ring (bicyclic) bond motifs is 3. The van der Waals surface area contributed by atoms with E-state index in [-0.39, 0.29) is 22.2 Å². The third-order valence-electron chi connectivity index (χ3n) is 8.97. The molecule has 1 aliphatic heterocycles. The SMILES string of the molecule is COC(=O)c1cc(O)c(C[C@]2(C)[C@@H](C)CC[C@@]3(C)[C@H]2CC[C@H]2O[C@]23C)c(OC)c1. The van der Waals surface area contributed by atoms with Gasteiger partial charge in [-0.1, -0.05) is 20.8 Å². The molecule has 3 aliphatic rings. The maximum atomic E-state index is 12.0. The molecule has 0 radical (unpaired) electrons. The van der Waals surface area contributed by atoms with Crippen LogP contribution in [0.3, 0.4) is 0 Å². The lowest BCUT2D eigenvalue weighted by molar-refractivity contribution is -0.0982. The van der Waals surface area contributed by atoms with E-state index in [4.69, 9.17) is 14.2 Å². The molecule has 1 aromatic carbocycles. The van der Waals surface area contributed by atoms with E-state index >= 15 is 0 Å². The van der Waals surface area contributed by atoms with Crippen LogP contribution in [0.2, 0.25) is 0 Å². The second-order valence-electron chi connectivity index (χ2n) is 10.1. The fraction of sp³-hybridized carbons (Fsp3) is 0.708. The van der Waals surface area contributed by atoms with Crippen LogP contribution in [0.5, 0.6) is 11.5 Å². The summed E-state index contributed by atoms with van der Waals surface area (Å²) in [6, 6.07) is 3.18. The molecule has 0 unspecified atom stereocenters. The summed E-state index contributed by atoms with van der Waals surface area (Å²) in [6.45, 7) is 9.43. The van der Waals surface area contributed by atoms with Crippen LogP contribution in [0, 0.1) is 22.7 Å². The second kappa shape index (κ2) is 6.63. The van der Waals surface area contributed by atoms with Gasteiger partial charge in [-0.2, -0.15) is 0 Å². The van der Waals surface area contributed by atoms with Gasteiger partial charge in [0, 0.05) is 11.0 Å². The minimum atomic E-state index is -0.480. The molecule has 160 valence electrons. The molecule has 0 amide bonds. The van der Waals surface area contributed by atoms with Crippen LogP contribution in [0.1, 0.15) is 69.3 Å². The van der Waals surface area contributed by atoms with Gasteiger partial charge < -0.3 is 19.3 Å². The number of carbonyl (C=O) groups excluding carboxylic acids is 1. The Labute approximate surface area is 173 Å². The van der Waals surface area contributed by atoms with Crippen molar-refractivity contribution < 1.29 is 24.1 Å². The number of methoxy groups -OCH3 is 2. The Morgan fingerprint density at radius 3 is 2.59 bits per heavy atom. The largest absolute Gasteiger partial charge is 0.508 e. The molecule has 6 atom stereocenters. The number of ether oxygens (including phenoxy) is 3. The lowest BCUT2D eigenvalue weighted by atomic mass is 9.44.